The normalized spacial score (nSPS) is 16.5. The molecule has 0 radical (unpaired) electrons. The molecule has 0 aromatic heterocycles. The summed E-state index contributed by atoms with van der Waals surface area (Å²) in [5.41, 5.74) is 3.29. The molecule has 1 aliphatic rings. The molecular formula is C17H16N2S. The van der Waals surface area contributed by atoms with Crippen LogP contribution in [0.5, 0.6) is 0 Å². The molecular weight excluding hydrogens is 264 g/mol. The number of nitriles is 1. The van der Waals surface area contributed by atoms with Crippen LogP contribution in [0.15, 0.2) is 53.4 Å². The van der Waals surface area contributed by atoms with Gasteiger partial charge < -0.3 is 4.90 Å². The molecule has 0 amide bonds. The third-order valence-corrected chi connectivity index (χ3v) is 4.96. The molecule has 1 unspecified atom stereocenters. The quantitative estimate of drug-likeness (QED) is 0.853. The third kappa shape index (κ3) is 2.52. The zero-order valence-corrected chi connectivity index (χ0v) is 12.2. The molecule has 1 heterocycles. The molecule has 2 aromatic rings. The molecule has 0 saturated carbocycles. The number of likely N-dealkylation sites (N-methyl/N-ethyl adjacent to an activating group) is 1. The standard InChI is InChI=1S/C17H16N2S/c1-19(15-6-4-5-13(9-15)10-18)11-14-12-20-17-8-3-2-7-16(14)17/h2-9,14H,11-12H2,1H3. The van der Waals surface area contributed by atoms with Gasteiger partial charge in [-0.05, 0) is 29.8 Å². The highest BCUT2D eigenvalue weighted by Crippen LogP contribution is 2.39. The Morgan fingerprint density at radius 3 is 2.95 bits per heavy atom. The zero-order chi connectivity index (χ0) is 13.9. The predicted octanol–water partition coefficient (Wildman–Crippen LogP) is 3.88. The Morgan fingerprint density at radius 1 is 1.25 bits per heavy atom. The van der Waals surface area contributed by atoms with Gasteiger partial charge in [-0.3, -0.25) is 0 Å². The maximum atomic E-state index is 8.99. The minimum absolute atomic E-state index is 0.562. The molecule has 0 N–H and O–H groups in total. The summed E-state index contributed by atoms with van der Waals surface area (Å²) in [5, 5.41) is 8.99. The first-order valence-corrected chi connectivity index (χ1v) is 7.69. The van der Waals surface area contributed by atoms with Crippen molar-refractivity contribution >= 4 is 17.4 Å². The molecule has 1 aliphatic heterocycles. The largest absolute Gasteiger partial charge is 0.374 e. The Morgan fingerprint density at radius 2 is 2.10 bits per heavy atom. The fraction of sp³-hybridized carbons (Fsp3) is 0.235. The van der Waals surface area contributed by atoms with Gasteiger partial charge in [-0.15, -0.1) is 11.8 Å². The van der Waals surface area contributed by atoms with Gasteiger partial charge in [0.15, 0.2) is 0 Å². The van der Waals surface area contributed by atoms with Crippen molar-refractivity contribution in [1.29, 1.82) is 5.26 Å². The maximum absolute atomic E-state index is 8.99. The number of hydrogen-bond donors (Lipinski definition) is 0. The fourth-order valence-electron chi connectivity index (χ4n) is 2.63. The molecule has 0 saturated heterocycles. The average molecular weight is 280 g/mol. The lowest BCUT2D eigenvalue weighted by Gasteiger charge is -2.23. The van der Waals surface area contributed by atoms with E-state index in [1.165, 1.54) is 10.5 Å². The van der Waals surface area contributed by atoms with E-state index in [9.17, 15) is 0 Å². The van der Waals surface area contributed by atoms with Crippen LogP contribution in [0, 0.1) is 11.3 Å². The number of fused-ring (bicyclic) bond motifs is 1. The van der Waals surface area contributed by atoms with Crippen LogP contribution >= 0.6 is 11.8 Å². The van der Waals surface area contributed by atoms with E-state index >= 15 is 0 Å². The highest BCUT2D eigenvalue weighted by Gasteiger charge is 2.23. The number of thioether (sulfide) groups is 1. The van der Waals surface area contributed by atoms with Crippen LogP contribution in [0.25, 0.3) is 0 Å². The summed E-state index contributed by atoms with van der Waals surface area (Å²) in [6, 6.07) is 18.7. The predicted molar refractivity (Wildman–Crippen MR) is 84.3 cm³/mol. The minimum Gasteiger partial charge on any atom is -0.374 e. The summed E-state index contributed by atoms with van der Waals surface area (Å²) in [7, 11) is 2.10. The fourth-order valence-corrected chi connectivity index (χ4v) is 3.87. The van der Waals surface area contributed by atoms with Crippen LogP contribution < -0.4 is 4.90 Å². The smallest absolute Gasteiger partial charge is 0.0992 e. The number of benzene rings is 2. The monoisotopic (exact) mass is 280 g/mol. The summed E-state index contributed by atoms with van der Waals surface area (Å²) in [6.45, 7) is 0.985. The number of nitrogens with zero attached hydrogens (tertiary/aromatic N) is 2. The van der Waals surface area contributed by atoms with Crippen molar-refractivity contribution in [2.75, 3.05) is 24.2 Å². The molecule has 0 bridgehead atoms. The molecule has 20 heavy (non-hydrogen) atoms. The second-order valence-corrected chi connectivity index (χ2v) is 6.15. The van der Waals surface area contributed by atoms with Crippen molar-refractivity contribution in [3.8, 4) is 6.07 Å². The first kappa shape index (κ1) is 13.1. The van der Waals surface area contributed by atoms with Gasteiger partial charge in [0, 0.05) is 35.8 Å². The first-order valence-electron chi connectivity index (χ1n) is 6.71. The van der Waals surface area contributed by atoms with Crippen LogP contribution in [0.4, 0.5) is 5.69 Å². The van der Waals surface area contributed by atoms with Crippen molar-refractivity contribution in [1.82, 2.24) is 0 Å². The average Bonchev–Trinajstić information content (AvgIpc) is 2.90. The van der Waals surface area contributed by atoms with Gasteiger partial charge >= 0.3 is 0 Å². The lowest BCUT2D eigenvalue weighted by Crippen LogP contribution is -2.24. The van der Waals surface area contributed by atoms with Crippen LogP contribution in [0.2, 0.25) is 0 Å². The van der Waals surface area contributed by atoms with Crippen molar-refractivity contribution in [2.24, 2.45) is 0 Å². The highest BCUT2D eigenvalue weighted by atomic mass is 32.2. The van der Waals surface area contributed by atoms with Gasteiger partial charge in [0.05, 0.1) is 11.6 Å². The van der Waals surface area contributed by atoms with Gasteiger partial charge in [-0.2, -0.15) is 5.26 Å². The van der Waals surface area contributed by atoms with E-state index in [1.807, 2.05) is 30.0 Å². The van der Waals surface area contributed by atoms with Crippen molar-refractivity contribution in [3.63, 3.8) is 0 Å². The van der Waals surface area contributed by atoms with Crippen molar-refractivity contribution in [3.05, 3.63) is 59.7 Å². The van der Waals surface area contributed by atoms with E-state index in [0.29, 0.717) is 5.92 Å². The summed E-state index contributed by atoms with van der Waals surface area (Å²) in [5.74, 6) is 1.70. The Labute approximate surface area is 124 Å². The van der Waals surface area contributed by atoms with E-state index in [1.54, 1.807) is 0 Å². The van der Waals surface area contributed by atoms with Gasteiger partial charge in [0.2, 0.25) is 0 Å². The van der Waals surface area contributed by atoms with Crippen molar-refractivity contribution in [2.45, 2.75) is 10.8 Å². The summed E-state index contributed by atoms with van der Waals surface area (Å²) < 4.78 is 0. The summed E-state index contributed by atoms with van der Waals surface area (Å²) in [4.78, 5) is 3.66. The van der Waals surface area contributed by atoms with Crippen LogP contribution in [-0.4, -0.2) is 19.3 Å². The van der Waals surface area contributed by atoms with E-state index in [2.05, 4.69) is 48.3 Å². The number of anilines is 1. The second-order valence-electron chi connectivity index (χ2n) is 5.09. The highest BCUT2D eigenvalue weighted by molar-refractivity contribution is 7.99. The third-order valence-electron chi connectivity index (χ3n) is 3.71. The Kier molecular flexibility index (Phi) is 3.66. The molecule has 2 aromatic carbocycles. The molecule has 100 valence electrons. The Bertz CT molecular complexity index is 660. The van der Waals surface area contributed by atoms with E-state index < -0.39 is 0 Å². The van der Waals surface area contributed by atoms with Gasteiger partial charge in [0.1, 0.15) is 0 Å². The summed E-state index contributed by atoms with van der Waals surface area (Å²) in [6.07, 6.45) is 0. The molecule has 0 fully saturated rings. The maximum Gasteiger partial charge on any atom is 0.0992 e. The van der Waals surface area contributed by atoms with E-state index in [4.69, 9.17) is 5.26 Å². The molecule has 3 heteroatoms. The van der Waals surface area contributed by atoms with Gasteiger partial charge in [0.25, 0.3) is 0 Å². The van der Waals surface area contributed by atoms with Crippen LogP contribution in [0.1, 0.15) is 17.0 Å². The molecule has 3 rings (SSSR count). The first-order chi connectivity index (χ1) is 9.78. The molecule has 2 nitrogen and oxygen atoms in total. The van der Waals surface area contributed by atoms with Crippen LogP contribution in [0.3, 0.4) is 0 Å². The molecule has 0 aliphatic carbocycles. The lowest BCUT2D eigenvalue weighted by molar-refractivity contribution is 0.745. The number of hydrogen-bond acceptors (Lipinski definition) is 3. The van der Waals surface area contributed by atoms with Crippen LogP contribution in [-0.2, 0) is 0 Å². The van der Waals surface area contributed by atoms with Gasteiger partial charge in [-0.1, -0.05) is 24.3 Å². The molecule has 0 spiro atoms. The lowest BCUT2D eigenvalue weighted by atomic mass is 10.0. The zero-order valence-electron chi connectivity index (χ0n) is 11.4. The topological polar surface area (TPSA) is 27.0 Å². The van der Waals surface area contributed by atoms with E-state index in [0.717, 1.165) is 23.5 Å². The SMILES string of the molecule is CN(CC1CSc2ccccc21)c1cccc(C#N)c1. The number of rotatable bonds is 3. The molecule has 1 atom stereocenters. The Hall–Kier alpha value is -1.92. The van der Waals surface area contributed by atoms with Crippen molar-refractivity contribution < 1.29 is 0 Å². The van der Waals surface area contributed by atoms with E-state index in [-0.39, 0.29) is 0 Å². The minimum atomic E-state index is 0.562. The second kappa shape index (κ2) is 5.60. The summed E-state index contributed by atoms with van der Waals surface area (Å²) >= 11 is 1.94. The Balaban J connectivity index is 1.77. The van der Waals surface area contributed by atoms with Gasteiger partial charge in [-0.25, -0.2) is 0 Å².